The minimum Gasteiger partial charge on any atom is -0.352 e. The van der Waals surface area contributed by atoms with Gasteiger partial charge in [-0.2, -0.15) is 10.2 Å². The summed E-state index contributed by atoms with van der Waals surface area (Å²) in [4.78, 5) is 25.8. The number of amides is 1. The summed E-state index contributed by atoms with van der Waals surface area (Å²) in [5, 5.41) is 9.36. The van der Waals surface area contributed by atoms with Gasteiger partial charge in [0.15, 0.2) is 5.65 Å². The van der Waals surface area contributed by atoms with Crippen molar-refractivity contribution < 1.29 is 13.6 Å². The number of anilines is 1. The smallest absolute Gasteiger partial charge is 0.257 e. The van der Waals surface area contributed by atoms with E-state index in [0.717, 1.165) is 29.0 Å². The Morgan fingerprint density at radius 2 is 1.84 bits per heavy atom. The lowest BCUT2D eigenvalue weighted by atomic mass is 10.1. The number of hydrogen-bond acceptors (Lipinski definition) is 6. The molecule has 5 rings (SSSR count). The molecule has 3 aromatic heterocycles. The molecule has 1 aromatic carbocycles. The Morgan fingerprint density at radius 1 is 1.06 bits per heavy atom. The molecule has 0 saturated carbocycles. The number of fused-ring (bicyclic) bond motifs is 1. The molecule has 0 atom stereocenters. The van der Waals surface area contributed by atoms with Crippen molar-refractivity contribution in [1.82, 2.24) is 34.4 Å². The zero-order chi connectivity index (χ0) is 22.4. The first kappa shape index (κ1) is 20.0. The fourth-order valence-electron chi connectivity index (χ4n) is 4.02. The molecule has 164 valence electrons. The van der Waals surface area contributed by atoms with Crippen molar-refractivity contribution in [2.45, 2.75) is 0 Å². The van der Waals surface area contributed by atoms with Crippen LogP contribution in [0, 0.1) is 11.6 Å². The summed E-state index contributed by atoms with van der Waals surface area (Å²) in [6.07, 6.45) is 4.81. The summed E-state index contributed by atoms with van der Waals surface area (Å²) >= 11 is 0. The number of aromatic nitrogens is 6. The highest BCUT2D eigenvalue weighted by Gasteiger charge is 2.28. The van der Waals surface area contributed by atoms with Crippen LogP contribution in [0.3, 0.4) is 0 Å². The number of aryl methyl sites for hydroxylation is 2. The molecule has 1 aliphatic rings. The molecule has 0 bridgehead atoms. The van der Waals surface area contributed by atoms with Gasteiger partial charge in [-0.15, -0.1) is 0 Å². The molecule has 4 aromatic rings. The molecule has 1 aliphatic heterocycles. The molecule has 0 radical (unpaired) electrons. The van der Waals surface area contributed by atoms with Crippen LogP contribution in [0.15, 0.2) is 36.9 Å². The number of rotatable bonds is 3. The maximum absolute atomic E-state index is 14.4. The second-order valence-electron chi connectivity index (χ2n) is 7.67. The zero-order valence-corrected chi connectivity index (χ0v) is 17.5. The first-order valence-corrected chi connectivity index (χ1v) is 10.1. The highest BCUT2D eigenvalue weighted by Crippen LogP contribution is 2.28. The minimum atomic E-state index is -0.758. The van der Waals surface area contributed by atoms with Gasteiger partial charge in [0.25, 0.3) is 5.91 Å². The number of carbonyl (C=O) groups excluding carboxylic acids is 1. The summed E-state index contributed by atoms with van der Waals surface area (Å²) in [7, 11) is 3.49. The Labute approximate surface area is 181 Å². The van der Waals surface area contributed by atoms with Gasteiger partial charge < -0.3 is 9.80 Å². The van der Waals surface area contributed by atoms with Crippen LogP contribution in [0.1, 0.15) is 10.4 Å². The SMILES string of the molecule is Cn1cc(C(=O)N2CCN(c3ncnc4c3cnn4C)CC2)c(-c2ccc(F)cc2F)n1. The number of piperazine rings is 1. The van der Waals surface area contributed by atoms with Crippen LogP contribution in [0.5, 0.6) is 0 Å². The van der Waals surface area contributed by atoms with Crippen molar-refractivity contribution in [3.05, 3.63) is 54.1 Å². The summed E-state index contributed by atoms with van der Waals surface area (Å²) in [5.41, 5.74) is 1.32. The molecule has 32 heavy (non-hydrogen) atoms. The van der Waals surface area contributed by atoms with Gasteiger partial charge >= 0.3 is 0 Å². The van der Waals surface area contributed by atoms with Gasteiger partial charge in [-0.3, -0.25) is 14.2 Å². The highest BCUT2D eigenvalue weighted by molar-refractivity contribution is 6.00. The third-order valence-electron chi connectivity index (χ3n) is 5.62. The molecular weight excluding hydrogens is 418 g/mol. The van der Waals surface area contributed by atoms with Crippen LogP contribution in [-0.2, 0) is 14.1 Å². The molecule has 0 spiro atoms. The molecular formula is C21H20F2N8O. The van der Waals surface area contributed by atoms with E-state index in [-0.39, 0.29) is 22.7 Å². The average Bonchev–Trinajstić information content (AvgIpc) is 3.36. The lowest BCUT2D eigenvalue weighted by Crippen LogP contribution is -2.49. The molecule has 9 nitrogen and oxygen atoms in total. The molecule has 1 saturated heterocycles. The third kappa shape index (κ3) is 3.35. The fraction of sp³-hybridized carbons (Fsp3) is 0.286. The van der Waals surface area contributed by atoms with Gasteiger partial charge in [0.05, 0.1) is 17.1 Å². The van der Waals surface area contributed by atoms with Crippen molar-refractivity contribution in [2.24, 2.45) is 14.1 Å². The van der Waals surface area contributed by atoms with Gasteiger partial charge in [-0.05, 0) is 12.1 Å². The number of hydrogen-bond donors (Lipinski definition) is 0. The predicted octanol–water partition coefficient (Wildman–Crippen LogP) is 2.00. The second kappa shape index (κ2) is 7.66. The van der Waals surface area contributed by atoms with E-state index in [1.807, 2.05) is 7.05 Å². The van der Waals surface area contributed by atoms with E-state index in [1.54, 1.807) is 29.0 Å². The highest BCUT2D eigenvalue weighted by atomic mass is 19.1. The largest absolute Gasteiger partial charge is 0.352 e. The number of halogens is 2. The molecule has 1 fully saturated rings. The van der Waals surface area contributed by atoms with E-state index in [0.29, 0.717) is 26.2 Å². The quantitative estimate of drug-likeness (QED) is 0.487. The minimum absolute atomic E-state index is 0.0916. The molecule has 0 unspecified atom stereocenters. The first-order chi connectivity index (χ1) is 15.4. The third-order valence-corrected chi connectivity index (χ3v) is 5.62. The normalized spacial score (nSPS) is 14.4. The molecule has 4 heterocycles. The van der Waals surface area contributed by atoms with Gasteiger partial charge in [-0.25, -0.2) is 18.7 Å². The molecule has 11 heteroatoms. The van der Waals surface area contributed by atoms with Crippen molar-refractivity contribution in [1.29, 1.82) is 0 Å². The number of carbonyl (C=O) groups is 1. The molecule has 1 amide bonds. The Hall–Kier alpha value is -3.89. The Balaban J connectivity index is 1.37. The van der Waals surface area contributed by atoms with Gasteiger partial charge in [-0.1, -0.05) is 0 Å². The van der Waals surface area contributed by atoms with E-state index < -0.39 is 11.6 Å². The zero-order valence-electron chi connectivity index (χ0n) is 17.5. The van der Waals surface area contributed by atoms with E-state index in [9.17, 15) is 13.6 Å². The Kier molecular flexibility index (Phi) is 4.80. The van der Waals surface area contributed by atoms with Crippen molar-refractivity contribution in [2.75, 3.05) is 31.1 Å². The summed E-state index contributed by atoms with van der Waals surface area (Å²) in [6, 6.07) is 3.24. The molecule has 0 aliphatic carbocycles. The van der Waals surface area contributed by atoms with Crippen molar-refractivity contribution in [3.63, 3.8) is 0 Å². The van der Waals surface area contributed by atoms with E-state index in [2.05, 4.69) is 25.1 Å². The Morgan fingerprint density at radius 3 is 2.59 bits per heavy atom. The summed E-state index contributed by atoms with van der Waals surface area (Å²) in [5.74, 6) is -0.901. The van der Waals surface area contributed by atoms with Crippen LogP contribution >= 0.6 is 0 Å². The van der Waals surface area contributed by atoms with Crippen LogP contribution < -0.4 is 4.90 Å². The predicted molar refractivity (Wildman–Crippen MR) is 113 cm³/mol. The van der Waals surface area contributed by atoms with Gasteiger partial charge in [0.1, 0.15) is 29.5 Å². The molecule has 0 N–H and O–H groups in total. The lowest BCUT2D eigenvalue weighted by Gasteiger charge is -2.35. The summed E-state index contributed by atoms with van der Waals surface area (Å²) < 4.78 is 30.8. The van der Waals surface area contributed by atoms with Crippen molar-refractivity contribution in [3.8, 4) is 11.3 Å². The van der Waals surface area contributed by atoms with Crippen molar-refractivity contribution >= 4 is 22.8 Å². The lowest BCUT2D eigenvalue weighted by molar-refractivity contribution is 0.0747. The number of nitrogens with zero attached hydrogens (tertiary/aromatic N) is 8. The van der Waals surface area contributed by atoms with Crippen LogP contribution in [0.25, 0.3) is 22.3 Å². The Bertz CT molecular complexity index is 1320. The standard InChI is InChI=1S/C21H20F2N8O/c1-28-11-16(18(27-28)14-4-3-13(22)9-17(14)23)21(32)31-7-5-30(6-8-31)20-15-10-26-29(2)19(15)24-12-25-20/h3-4,9-12H,5-8H2,1-2H3. The van der Waals surface area contributed by atoms with E-state index >= 15 is 0 Å². The first-order valence-electron chi connectivity index (χ1n) is 10.1. The second-order valence-corrected chi connectivity index (χ2v) is 7.67. The fourth-order valence-corrected chi connectivity index (χ4v) is 4.02. The van der Waals surface area contributed by atoms with Gasteiger partial charge in [0.2, 0.25) is 0 Å². The van der Waals surface area contributed by atoms with Gasteiger partial charge in [0, 0.05) is 58.1 Å². The van der Waals surface area contributed by atoms with E-state index in [1.165, 1.54) is 17.1 Å². The maximum Gasteiger partial charge on any atom is 0.257 e. The van der Waals surface area contributed by atoms with Crippen LogP contribution in [-0.4, -0.2) is 66.5 Å². The number of benzene rings is 1. The summed E-state index contributed by atoms with van der Waals surface area (Å²) in [6.45, 7) is 2.08. The van der Waals surface area contributed by atoms with E-state index in [4.69, 9.17) is 0 Å². The maximum atomic E-state index is 14.4. The van der Waals surface area contributed by atoms with Crippen LogP contribution in [0.2, 0.25) is 0 Å². The monoisotopic (exact) mass is 438 g/mol. The topological polar surface area (TPSA) is 85.0 Å². The average molecular weight is 438 g/mol. The van der Waals surface area contributed by atoms with Crippen LogP contribution in [0.4, 0.5) is 14.6 Å².